The quantitative estimate of drug-likeness (QED) is 0.788. The smallest absolute Gasteiger partial charge is 0.225 e. The van der Waals surface area contributed by atoms with Gasteiger partial charge >= 0.3 is 0 Å². The summed E-state index contributed by atoms with van der Waals surface area (Å²) in [6.45, 7) is 6.95. The number of amides is 1. The molecule has 1 amide bonds. The van der Waals surface area contributed by atoms with Crippen LogP contribution in [0.25, 0.3) is 0 Å². The number of hydrogen-bond acceptors (Lipinski definition) is 3. The van der Waals surface area contributed by atoms with Crippen LogP contribution in [0.4, 0.5) is 10.2 Å². The van der Waals surface area contributed by atoms with E-state index in [1.54, 1.807) is 6.07 Å². The Hall–Kier alpha value is -1.91. The first kappa shape index (κ1) is 15.0. The van der Waals surface area contributed by atoms with Gasteiger partial charge in [-0.1, -0.05) is 12.2 Å². The Morgan fingerprint density at radius 3 is 2.45 bits per heavy atom. The van der Waals surface area contributed by atoms with Gasteiger partial charge in [-0.3, -0.25) is 4.79 Å². The third kappa shape index (κ3) is 3.29. The van der Waals surface area contributed by atoms with E-state index in [2.05, 4.69) is 16.5 Å². The topological polar surface area (TPSA) is 36.4 Å². The van der Waals surface area contributed by atoms with Crippen molar-refractivity contribution in [1.29, 1.82) is 0 Å². The average molecular weight is 303 g/mol. The van der Waals surface area contributed by atoms with Crippen LogP contribution >= 0.6 is 0 Å². The maximum Gasteiger partial charge on any atom is 0.225 e. The Balaban J connectivity index is 1.54. The predicted octanol–water partition coefficient (Wildman–Crippen LogP) is 2.62. The van der Waals surface area contributed by atoms with Gasteiger partial charge in [0.1, 0.15) is 11.6 Å². The van der Waals surface area contributed by atoms with Crippen LogP contribution in [0.3, 0.4) is 0 Å². The van der Waals surface area contributed by atoms with Gasteiger partial charge in [0.05, 0.1) is 6.20 Å². The fourth-order valence-electron chi connectivity index (χ4n) is 3.24. The van der Waals surface area contributed by atoms with Crippen molar-refractivity contribution in [3.8, 4) is 0 Å². The number of rotatable bonds is 2. The molecule has 1 aromatic rings. The Morgan fingerprint density at radius 1 is 1.18 bits per heavy atom. The number of carbonyl (C=O) groups is 1. The summed E-state index contributed by atoms with van der Waals surface area (Å²) < 4.78 is 12.9. The number of allylic oxidation sites excluding steroid dienone is 1. The van der Waals surface area contributed by atoms with Gasteiger partial charge in [0.25, 0.3) is 0 Å². The number of aromatic nitrogens is 1. The van der Waals surface area contributed by atoms with E-state index in [0.717, 1.165) is 57.7 Å². The zero-order chi connectivity index (χ0) is 15.5. The highest BCUT2D eigenvalue weighted by atomic mass is 19.1. The van der Waals surface area contributed by atoms with E-state index in [1.165, 1.54) is 17.8 Å². The lowest BCUT2D eigenvalue weighted by Gasteiger charge is -2.37. The molecule has 3 rings (SSSR count). The molecule has 22 heavy (non-hydrogen) atoms. The fraction of sp³-hybridized carbons (Fsp3) is 0.529. The van der Waals surface area contributed by atoms with Crippen LogP contribution in [0.2, 0.25) is 0 Å². The predicted molar refractivity (Wildman–Crippen MR) is 84.1 cm³/mol. The second kappa shape index (κ2) is 6.46. The molecule has 4 nitrogen and oxygen atoms in total. The third-order valence-electron chi connectivity index (χ3n) is 4.67. The number of piperazine rings is 1. The molecule has 1 aromatic heterocycles. The van der Waals surface area contributed by atoms with Crippen molar-refractivity contribution >= 4 is 11.7 Å². The van der Waals surface area contributed by atoms with Gasteiger partial charge in [-0.05, 0) is 37.8 Å². The van der Waals surface area contributed by atoms with Crippen LogP contribution < -0.4 is 4.90 Å². The Morgan fingerprint density at radius 2 is 1.86 bits per heavy atom. The highest BCUT2D eigenvalue weighted by Crippen LogP contribution is 2.28. The maximum absolute atomic E-state index is 12.9. The van der Waals surface area contributed by atoms with Gasteiger partial charge in [-0.2, -0.15) is 0 Å². The summed E-state index contributed by atoms with van der Waals surface area (Å²) in [4.78, 5) is 20.7. The molecule has 0 radical (unpaired) electrons. The average Bonchev–Trinajstić information content (AvgIpc) is 2.56. The van der Waals surface area contributed by atoms with Gasteiger partial charge in [0.15, 0.2) is 0 Å². The summed E-state index contributed by atoms with van der Waals surface area (Å²) in [5.41, 5.74) is 1.27. The highest BCUT2D eigenvalue weighted by molar-refractivity contribution is 5.79. The van der Waals surface area contributed by atoms with E-state index < -0.39 is 0 Å². The van der Waals surface area contributed by atoms with E-state index in [1.807, 2.05) is 4.90 Å². The number of pyridine rings is 1. The summed E-state index contributed by atoms with van der Waals surface area (Å²) >= 11 is 0. The SMILES string of the molecule is C=C1CCC(C(=O)N2CCN(c3ccc(F)cn3)CC2)CC1. The number of hydrogen-bond donors (Lipinski definition) is 0. The minimum atomic E-state index is -0.323. The van der Waals surface area contributed by atoms with Gasteiger partial charge in [0.2, 0.25) is 5.91 Å². The van der Waals surface area contributed by atoms with Crippen LogP contribution in [-0.2, 0) is 4.79 Å². The van der Waals surface area contributed by atoms with Crippen molar-refractivity contribution in [1.82, 2.24) is 9.88 Å². The summed E-state index contributed by atoms with van der Waals surface area (Å²) in [6, 6.07) is 3.12. The van der Waals surface area contributed by atoms with Crippen LogP contribution in [-0.4, -0.2) is 42.0 Å². The molecule has 1 saturated carbocycles. The van der Waals surface area contributed by atoms with E-state index in [-0.39, 0.29) is 11.7 Å². The monoisotopic (exact) mass is 303 g/mol. The molecule has 5 heteroatoms. The fourth-order valence-corrected chi connectivity index (χ4v) is 3.24. The molecule has 2 heterocycles. The lowest BCUT2D eigenvalue weighted by molar-refractivity contribution is -0.136. The van der Waals surface area contributed by atoms with Crippen LogP contribution in [0, 0.1) is 11.7 Å². The number of carbonyl (C=O) groups excluding carboxylic acids is 1. The van der Waals surface area contributed by atoms with Crippen LogP contribution in [0.5, 0.6) is 0 Å². The molecule has 0 atom stereocenters. The summed E-state index contributed by atoms with van der Waals surface area (Å²) in [5.74, 6) is 0.916. The van der Waals surface area contributed by atoms with Crippen molar-refractivity contribution in [2.75, 3.05) is 31.1 Å². The normalized spacial score (nSPS) is 20.3. The second-order valence-electron chi connectivity index (χ2n) is 6.17. The summed E-state index contributed by atoms with van der Waals surface area (Å²) in [6.07, 6.45) is 5.09. The zero-order valence-corrected chi connectivity index (χ0v) is 12.8. The maximum atomic E-state index is 12.9. The standard InChI is InChI=1S/C17H22FN3O/c1-13-2-4-14(5-3-13)17(22)21-10-8-20(9-11-21)16-7-6-15(18)12-19-16/h6-7,12,14H,1-5,8-11H2. The molecule has 1 aliphatic carbocycles. The van der Waals surface area contributed by atoms with Gasteiger partial charge in [-0.15, -0.1) is 0 Å². The zero-order valence-electron chi connectivity index (χ0n) is 12.8. The number of anilines is 1. The Labute approximate surface area is 130 Å². The first-order valence-corrected chi connectivity index (χ1v) is 7.95. The minimum absolute atomic E-state index is 0.168. The molecule has 0 bridgehead atoms. The van der Waals surface area contributed by atoms with Gasteiger partial charge in [-0.25, -0.2) is 9.37 Å². The minimum Gasteiger partial charge on any atom is -0.353 e. The summed E-state index contributed by atoms with van der Waals surface area (Å²) in [5, 5.41) is 0. The molecule has 0 aromatic carbocycles. The third-order valence-corrected chi connectivity index (χ3v) is 4.67. The largest absolute Gasteiger partial charge is 0.353 e. The lowest BCUT2D eigenvalue weighted by Crippen LogP contribution is -2.50. The number of nitrogens with zero attached hydrogens (tertiary/aromatic N) is 3. The van der Waals surface area contributed by atoms with E-state index in [4.69, 9.17) is 0 Å². The molecule has 0 unspecified atom stereocenters. The van der Waals surface area contributed by atoms with Crippen molar-refractivity contribution in [3.63, 3.8) is 0 Å². The first-order valence-electron chi connectivity index (χ1n) is 7.95. The van der Waals surface area contributed by atoms with Gasteiger partial charge < -0.3 is 9.80 Å². The second-order valence-corrected chi connectivity index (χ2v) is 6.17. The molecule has 0 spiro atoms. The molecular formula is C17H22FN3O. The highest BCUT2D eigenvalue weighted by Gasteiger charge is 2.29. The molecule has 2 aliphatic rings. The van der Waals surface area contributed by atoms with Crippen LogP contribution in [0.1, 0.15) is 25.7 Å². The van der Waals surface area contributed by atoms with E-state index in [9.17, 15) is 9.18 Å². The van der Waals surface area contributed by atoms with Crippen molar-refractivity contribution in [2.45, 2.75) is 25.7 Å². The summed E-state index contributed by atoms with van der Waals surface area (Å²) in [7, 11) is 0. The molecule has 2 fully saturated rings. The van der Waals surface area contributed by atoms with E-state index in [0.29, 0.717) is 5.91 Å². The lowest BCUT2D eigenvalue weighted by atomic mass is 9.85. The van der Waals surface area contributed by atoms with Gasteiger partial charge in [0, 0.05) is 32.1 Å². The molecule has 1 saturated heterocycles. The molecule has 0 N–H and O–H groups in total. The first-order chi connectivity index (χ1) is 10.6. The molecular weight excluding hydrogens is 281 g/mol. The van der Waals surface area contributed by atoms with E-state index >= 15 is 0 Å². The van der Waals surface area contributed by atoms with Crippen LogP contribution in [0.15, 0.2) is 30.5 Å². The Kier molecular flexibility index (Phi) is 4.41. The van der Waals surface area contributed by atoms with Crippen molar-refractivity contribution in [3.05, 3.63) is 36.3 Å². The molecule has 1 aliphatic heterocycles. The molecule has 118 valence electrons. The Bertz CT molecular complexity index is 540. The van der Waals surface area contributed by atoms with Crippen molar-refractivity contribution in [2.24, 2.45) is 5.92 Å². The number of halogens is 1. The van der Waals surface area contributed by atoms with Crippen molar-refractivity contribution < 1.29 is 9.18 Å².